The molecular weight excluding hydrogens is 492 g/mol. The summed E-state index contributed by atoms with van der Waals surface area (Å²) in [4.78, 5) is 8.93. The molecule has 1 aromatic heterocycles. The number of hydroxylamine groups is 1. The molecule has 0 fully saturated rings. The number of fused-ring (bicyclic) bond motifs is 1. The van der Waals surface area contributed by atoms with Crippen LogP contribution < -0.4 is 56.7 Å². The summed E-state index contributed by atoms with van der Waals surface area (Å²) in [7, 11) is 0. The van der Waals surface area contributed by atoms with Crippen LogP contribution in [0.4, 0.5) is 0 Å². The van der Waals surface area contributed by atoms with Crippen molar-refractivity contribution in [2.24, 2.45) is 0 Å². The van der Waals surface area contributed by atoms with Crippen molar-refractivity contribution < 1.29 is 56.2 Å². The van der Waals surface area contributed by atoms with Crippen LogP contribution in [0.15, 0.2) is 79.0 Å². The Morgan fingerprint density at radius 3 is 2.53 bits per heavy atom. The van der Waals surface area contributed by atoms with Gasteiger partial charge in [-0.05, 0) is 66.7 Å². The summed E-state index contributed by atoms with van der Waals surface area (Å²) in [6.45, 7) is 2.83. The summed E-state index contributed by atoms with van der Waals surface area (Å²) >= 11 is 12.4. The molecule has 0 bridgehead atoms. The number of H-pyrrole nitrogens is 1. The van der Waals surface area contributed by atoms with Crippen LogP contribution in [0.2, 0.25) is 10.0 Å². The standard InChI is InChI=1S/C27H28Cl2N3O.K/c28-25-11-10-21(16-26(25)29)22(18-32-33-19-20-6-2-1-3-7-20)12-14-30-15-13-23-17-31-27-9-5-4-8-24(23)27;/h1-11,16-17,22,30-31H,12-15,18-19H2;/q-1;+1. The van der Waals surface area contributed by atoms with Crippen LogP contribution in [0, 0.1) is 0 Å². The Bertz CT molecular complexity index is 1150. The second-order valence-electron chi connectivity index (χ2n) is 8.09. The van der Waals surface area contributed by atoms with Gasteiger partial charge in [0.1, 0.15) is 0 Å². The van der Waals surface area contributed by atoms with Crippen LogP contribution in [0.1, 0.15) is 29.0 Å². The molecule has 0 amide bonds. The number of nitrogens with one attached hydrogen (secondary N) is 2. The summed E-state index contributed by atoms with van der Waals surface area (Å²) in [6, 6.07) is 24.3. The van der Waals surface area contributed by atoms with Gasteiger partial charge in [0.25, 0.3) is 0 Å². The second-order valence-corrected chi connectivity index (χ2v) is 8.90. The van der Waals surface area contributed by atoms with Crippen LogP contribution in [0.5, 0.6) is 0 Å². The van der Waals surface area contributed by atoms with Gasteiger partial charge in [-0.3, -0.25) is 0 Å². The molecule has 1 atom stereocenters. The zero-order chi connectivity index (χ0) is 22.9. The molecule has 1 unspecified atom stereocenters. The van der Waals surface area contributed by atoms with Crippen molar-refractivity contribution in [1.29, 1.82) is 0 Å². The Balaban J connectivity index is 0.00000324. The maximum Gasteiger partial charge on any atom is 1.00 e. The van der Waals surface area contributed by atoms with Gasteiger partial charge in [0.05, 0.1) is 16.7 Å². The molecule has 0 aliphatic carbocycles. The zero-order valence-corrected chi connectivity index (χ0v) is 24.1. The van der Waals surface area contributed by atoms with E-state index in [0.717, 1.165) is 37.1 Å². The van der Waals surface area contributed by atoms with E-state index in [1.54, 1.807) is 0 Å². The molecule has 0 aliphatic heterocycles. The van der Waals surface area contributed by atoms with E-state index in [1.807, 2.05) is 48.5 Å². The van der Waals surface area contributed by atoms with Crippen molar-refractivity contribution in [3.63, 3.8) is 0 Å². The molecule has 0 radical (unpaired) electrons. The maximum absolute atomic E-state index is 6.28. The van der Waals surface area contributed by atoms with E-state index in [9.17, 15) is 0 Å². The summed E-state index contributed by atoms with van der Waals surface area (Å²) in [5, 5.41) is 6.00. The minimum Gasteiger partial charge on any atom is -0.533 e. The fraction of sp³-hybridized carbons (Fsp3) is 0.259. The zero-order valence-electron chi connectivity index (χ0n) is 19.4. The molecule has 172 valence electrons. The fourth-order valence-corrected chi connectivity index (χ4v) is 4.24. The normalized spacial score (nSPS) is 11.9. The van der Waals surface area contributed by atoms with Crippen LogP contribution in [-0.2, 0) is 17.9 Å². The van der Waals surface area contributed by atoms with E-state index in [4.69, 9.17) is 28.0 Å². The van der Waals surface area contributed by atoms with Gasteiger partial charge < -0.3 is 20.6 Å². The minimum absolute atomic E-state index is 0. The average molecular weight is 521 g/mol. The maximum atomic E-state index is 6.28. The van der Waals surface area contributed by atoms with Gasteiger partial charge in [0.15, 0.2) is 0 Å². The average Bonchev–Trinajstić information content (AvgIpc) is 3.26. The Morgan fingerprint density at radius 2 is 1.71 bits per heavy atom. The molecule has 4 nitrogen and oxygen atoms in total. The molecule has 1 heterocycles. The first-order valence-electron chi connectivity index (χ1n) is 11.2. The number of para-hydroxylation sites is 1. The second kappa shape index (κ2) is 14.8. The van der Waals surface area contributed by atoms with E-state index in [0.29, 0.717) is 23.2 Å². The Morgan fingerprint density at radius 1 is 0.912 bits per heavy atom. The van der Waals surface area contributed by atoms with Gasteiger partial charge in [-0.1, -0.05) is 77.8 Å². The Hall–Kier alpha value is -0.704. The summed E-state index contributed by atoms with van der Waals surface area (Å²) in [6.07, 6.45) is 4.00. The number of aromatic amines is 1. The third-order valence-electron chi connectivity index (χ3n) is 5.79. The first-order chi connectivity index (χ1) is 16.2. The minimum atomic E-state index is 0. The van der Waals surface area contributed by atoms with Crippen molar-refractivity contribution >= 4 is 34.1 Å². The van der Waals surface area contributed by atoms with Crippen molar-refractivity contribution in [1.82, 2.24) is 10.3 Å². The molecule has 4 aromatic rings. The predicted molar refractivity (Wildman–Crippen MR) is 138 cm³/mol. The Labute approximate surface area is 254 Å². The molecule has 0 saturated carbocycles. The third kappa shape index (κ3) is 8.17. The number of rotatable bonds is 12. The number of aromatic nitrogens is 1. The first kappa shape index (κ1) is 27.9. The number of halogens is 2. The van der Waals surface area contributed by atoms with E-state index < -0.39 is 0 Å². The summed E-state index contributed by atoms with van der Waals surface area (Å²) in [5.41, 5.74) is 9.11. The molecule has 34 heavy (non-hydrogen) atoms. The largest absolute Gasteiger partial charge is 1.00 e. The van der Waals surface area contributed by atoms with Crippen molar-refractivity contribution in [2.75, 3.05) is 19.6 Å². The van der Waals surface area contributed by atoms with Crippen LogP contribution in [0.3, 0.4) is 0 Å². The molecule has 2 N–H and O–H groups in total. The molecule has 4 rings (SSSR count). The smallest absolute Gasteiger partial charge is 0.533 e. The van der Waals surface area contributed by atoms with Crippen LogP contribution in [-0.4, -0.2) is 24.6 Å². The monoisotopic (exact) mass is 519 g/mol. The molecule has 0 saturated heterocycles. The molecular formula is C27H28Cl2KN3O. The number of hydrogen-bond acceptors (Lipinski definition) is 2. The van der Waals surface area contributed by atoms with Gasteiger partial charge in [-0.15, -0.1) is 6.54 Å². The number of nitrogens with zero attached hydrogens (tertiary/aromatic N) is 1. The van der Waals surface area contributed by atoms with E-state index in [-0.39, 0.29) is 57.3 Å². The summed E-state index contributed by atoms with van der Waals surface area (Å²) < 4.78 is 0. The molecule has 0 spiro atoms. The molecule has 7 heteroatoms. The van der Waals surface area contributed by atoms with Gasteiger partial charge >= 0.3 is 51.4 Å². The van der Waals surface area contributed by atoms with Crippen molar-refractivity contribution in [3.8, 4) is 0 Å². The van der Waals surface area contributed by atoms with E-state index >= 15 is 0 Å². The molecule has 0 aliphatic rings. The Kier molecular flexibility index (Phi) is 12.1. The number of benzene rings is 3. The quantitative estimate of drug-likeness (QED) is 0.166. The van der Waals surface area contributed by atoms with Gasteiger partial charge in [0.2, 0.25) is 0 Å². The van der Waals surface area contributed by atoms with Gasteiger partial charge in [0, 0.05) is 17.1 Å². The topological polar surface area (TPSA) is 51.2 Å². The SMILES string of the molecule is Clc1ccc(C(CCNCCc2c[nH]c3ccccc23)C[N-]OCc2ccccc2)cc1Cl.[K+]. The van der Waals surface area contributed by atoms with E-state index in [1.165, 1.54) is 16.5 Å². The summed E-state index contributed by atoms with van der Waals surface area (Å²) in [5.74, 6) is 0.191. The van der Waals surface area contributed by atoms with Gasteiger partial charge in [-0.2, -0.15) is 0 Å². The third-order valence-corrected chi connectivity index (χ3v) is 6.53. The fourth-order valence-electron chi connectivity index (χ4n) is 3.93. The molecule has 3 aromatic carbocycles. The predicted octanol–water partition coefficient (Wildman–Crippen LogP) is 4.29. The van der Waals surface area contributed by atoms with Crippen LogP contribution in [0.25, 0.3) is 16.4 Å². The van der Waals surface area contributed by atoms with E-state index in [2.05, 4.69) is 46.2 Å². The van der Waals surface area contributed by atoms with Crippen LogP contribution >= 0.6 is 23.2 Å². The van der Waals surface area contributed by atoms with Crippen molar-refractivity contribution in [3.05, 3.63) is 111 Å². The van der Waals surface area contributed by atoms with Gasteiger partial charge in [-0.25, -0.2) is 0 Å². The number of hydrogen-bond donors (Lipinski definition) is 2. The first-order valence-corrected chi connectivity index (χ1v) is 12.0. The van der Waals surface area contributed by atoms with Crippen molar-refractivity contribution in [2.45, 2.75) is 25.4 Å².